The first kappa shape index (κ1) is 16.4. The van der Waals surface area contributed by atoms with E-state index in [1.165, 1.54) is 6.08 Å². The van der Waals surface area contributed by atoms with E-state index < -0.39 is 0 Å². The number of anilines is 1. The van der Waals surface area contributed by atoms with E-state index >= 15 is 0 Å². The molecule has 4 aromatic rings. The van der Waals surface area contributed by atoms with Gasteiger partial charge in [-0.25, -0.2) is 0 Å². The van der Waals surface area contributed by atoms with Crippen LogP contribution in [0.4, 0.5) is 5.69 Å². The summed E-state index contributed by atoms with van der Waals surface area (Å²) in [6.07, 6.45) is 5.98. The van der Waals surface area contributed by atoms with Crippen molar-refractivity contribution in [3.05, 3.63) is 66.6 Å². The van der Waals surface area contributed by atoms with Gasteiger partial charge in [0, 0.05) is 51.9 Å². The second-order valence-electron chi connectivity index (χ2n) is 6.80. The molecule has 0 atom stereocenters. The number of carbonyl (C=O) groups excluding carboxylic acids is 2. The second-order valence-corrected chi connectivity index (χ2v) is 6.80. The number of benzene rings is 1. The Balaban J connectivity index is 1.65. The van der Waals surface area contributed by atoms with Gasteiger partial charge < -0.3 is 10.3 Å². The average Bonchev–Trinajstić information content (AvgIpc) is 3.27. The normalized spacial score (nSPS) is 13.1. The fraction of sp³-hybridized carbons (Fsp3) is 0.0909. The summed E-state index contributed by atoms with van der Waals surface area (Å²) < 4.78 is 0. The van der Waals surface area contributed by atoms with Gasteiger partial charge in [0.15, 0.2) is 5.78 Å². The van der Waals surface area contributed by atoms with Gasteiger partial charge in [-0.15, -0.1) is 0 Å². The Labute approximate surface area is 160 Å². The summed E-state index contributed by atoms with van der Waals surface area (Å²) in [6, 6.07) is 9.43. The van der Waals surface area contributed by atoms with E-state index in [0.29, 0.717) is 23.5 Å². The van der Waals surface area contributed by atoms with E-state index in [4.69, 9.17) is 0 Å². The van der Waals surface area contributed by atoms with Crippen molar-refractivity contribution in [2.24, 2.45) is 0 Å². The molecule has 0 fully saturated rings. The monoisotopic (exact) mass is 368 g/mol. The van der Waals surface area contributed by atoms with Crippen LogP contribution in [-0.2, 0) is 11.2 Å². The maximum atomic E-state index is 12.2. The van der Waals surface area contributed by atoms with Crippen LogP contribution in [0.15, 0.2) is 55.4 Å². The fourth-order valence-electron chi connectivity index (χ4n) is 3.79. The number of H-pyrrole nitrogens is 1. The van der Waals surface area contributed by atoms with E-state index in [1.807, 2.05) is 18.2 Å². The number of hydrogen-bond acceptors (Lipinski definition) is 4. The molecule has 0 unspecified atom stereocenters. The highest BCUT2D eigenvalue weighted by atomic mass is 16.1. The molecule has 136 valence electrons. The van der Waals surface area contributed by atoms with Crippen LogP contribution < -0.4 is 5.32 Å². The van der Waals surface area contributed by atoms with Crippen LogP contribution in [0.3, 0.4) is 0 Å². The highest BCUT2D eigenvalue weighted by molar-refractivity contribution is 6.17. The number of aryl methyl sites for hydroxylation is 1. The Morgan fingerprint density at radius 2 is 1.96 bits per heavy atom. The van der Waals surface area contributed by atoms with Crippen LogP contribution in [0.25, 0.3) is 33.1 Å². The molecule has 0 bridgehead atoms. The highest BCUT2D eigenvalue weighted by Gasteiger charge is 2.25. The van der Waals surface area contributed by atoms with Crippen molar-refractivity contribution in [2.45, 2.75) is 12.8 Å². The number of carbonyl (C=O) groups is 2. The zero-order chi connectivity index (χ0) is 19.3. The van der Waals surface area contributed by atoms with E-state index in [-0.39, 0.29) is 11.7 Å². The van der Waals surface area contributed by atoms with Crippen molar-refractivity contribution in [1.29, 1.82) is 0 Å². The van der Waals surface area contributed by atoms with Crippen molar-refractivity contribution in [2.75, 3.05) is 5.32 Å². The third kappa shape index (κ3) is 2.50. The summed E-state index contributed by atoms with van der Waals surface area (Å²) in [5.41, 5.74) is 4.75. The minimum atomic E-state index is -0.282. The number of ketones is 1. The van der Waals surface area contributed by atoms with Crippen LogP contribution in [-0.4, -0.2) is 26.6 Å². The molecule has 0 spiro atoms. The quantitative estimate of drug-likeness (QED) is 0.535. The number of nitrogens with zero attached hydrogens (tertiary/aromatic N) is 2. The predicted molar refractivity (Wildman–Crippen MR) is 108 cm³/mol. The number of hydrogen-bond donors (Lipinski definition) is 2. The molecule has 0 saturated heterocycles. The summed E-state index contributed by atoms with van der Waals surface area (Å²) in [4.78, 5) is 36.1. The molecule has 6 nitrogen and oxygen atoms in total. The largest absolute Gasteiger partial charge is 0.357 e. The molecule has 6 heteroatoms. The van der Waals surface area contributed by atoms with Gasteiger partial charge in [-0.1, -0.05) is 18.7 Å². The minimum Gasteiger partial charge on any atom is -0.357 e. The molecule has 5 rings (SSSR count). The van der Waals surface area contributed by atoms with Crippen LogP contribution in [0.1, 0.15) is 22.5 Å². The topological polar surface area (TPSA) is 87.7 Å². The molecule has 1 aromatic carbocycles. The van der Waals surface area contributed by atoms with Crippen molar-refractivity contribution < 1.29 is 9.59 Å². The molecule has 3 aromatic heterocycles. The number of amides is 1. The molecule has 3 heterocycles. The van der Waals surface area contributed by atoms with Crippen molar-refractivity contribution in [3.63, 3.8) is 0 Å². The van der Waals surface area contributed by atoms with E-state index in [1.54, 1.807) is 24.5 Å². The van der Waals surface area contributed by atoms with E-state index in [2.05, 4.69) is 26.8 Å². The van der Waals surface area contributed by atoms with Crippen LogP contribution in [0.2, 0.25) is 0 Å². The molecule has 1 amide bonds. The first-order valence-electron chi connectivity index (χ1n) is 9.00. The van der Waals surface area contributed by atoms with Gasteiger partial charge in [0.05, 0.1) is 16.9 Å². The molecule has 0 aliphatic heterocycles. The maximum Gasteiger partial charge on any atom is 0.247 e. The highest BCUT2D eigenvalue weighted by Crippen LogP contribution is 2.35. The molecule has 0 saturated carbocycles. The van der Waals surface area contributed by atoms with E-state index in [0.717, 1.165) is 39.4 Å². The lowest BCUT2D eigenvalue weighted by atomic mass is 10.0. The van der Waals surface area contributed by atoms with Crippen molar-refractivity contribution in [3.8, 4) is 11.4 Å². The summed E-state index contributed by atoms with van der Waals surface area (Å²) in [6.45, 7) is 3.46. The number of Topliss-reactive ketones (excluding diaryl/α,β-unsaturated/α-hetero) is 1. The Kier molecular flexibility index (Phi) is 3.58. The van der Waals surface area contributed by atoms with Gasteiger partial charge >= 0.3 is 0 Å². The summed E-state index contributed by atoms with van der Waals surface area (Å²) >= 11 is 0. The Bertz CT molecular complexity index is 1300. The summed E-state index contributed by atoms with van der Waals surface area (Å²) in [7, 11) is 0. The molecular formula is C22H16N4O2. The molecule has 2 N–H and O–H groups in total. The summed E-state index contributed by atoms with van der Waals surface area (Å²) in [5, 5.41) is 5.67. The molecular weight excluding hydrogens is 352 g/mol. The Morgan fingerprint density at radius 1 is 1.11 bits per heavy atom. The van der Waals surface area contributed by atoms with Crippen molar-refractivity contribution in [1.82, 2.24) is 15.0 Å². The van der Waals surface area contributed by atoms with Gasteiger partial charge in [-0.3, -0.25) is 19.6 Å². The zero-order valence-corrected chi connectivity index (χ0v) is 15.0. The Morgan fingerprint density at radius 3 is 2.82 bits per heavy atom. The van der Waals surface area contributed by atoms with Crippen molar-refractivity contribution >= 4 is 39.1 Å². The third-order valence-electron chi connectivity index (χ3n) is 5.11. The first-order valence-corrected chi connectivity index (χ1v) is 9.00. The number of aromatic amines is 1. The van der Waals surface area contributed by atoms with Crippen LogP contribution in [0.5, 0.6) is 0 Å². The van der Waals surface area contributed by atoms with Crippen LogP contribution >= 0.6 is 0 Å². The van der Waals surface area contributed by atoms with Gasteiger partial charge in [-0.2, -0.15) is 0 Å². The SMILES string of the molecule is C=CC(=O)Nc1ccnc(-c2cc3c(ccc4c5c([nH]c43)CCC5=O)cn2)c1. The summed E-state index contributed by atoms with van der Waals surface area (Å²) in [5.74, 6) is -0.0851. The Hall–Kier alpha value is -3.80. The number of aromatic nitrogens is 3. The predicted octanol–water partition coefficient (Wildman–Crippen LogP) is 4.03. The van der Waals surface area contributed by atoms with Gasteiger partial charge in [0.1, 0.15) is 0 Å². The first-order chi connectivity index (χ1) is 13.6. The third-order valence-corrected chi connectivity index (χ3v) is 5.11. The zero-order valence-electron chi connectivity index (χ0n) is 15.0. The lowest BCUT2D eigenvalue weighted by molar-refractivity contribution is -0.111. The molecule has 1 aliphatic rings. The van der Waals surface area contributed by atoms with E-state index in [9.17, 15) is 9.59 Å². The minimum absolute atomic E-state index is 0.196. The lowest BCUT2D eigenvalue weighted by Gasteiger charge is -2.07. The fourth-order valence-corrected chi connectivity index (χ4v) is 3.79. The number of nitrogens with one attached hydrogen (secondary N) is 2. The number of pyridine rings is 2. The number of fused-ring (bicyclic) bond motifs is 5. The molecule has 1 aliphatic carbocycles. The molecule has 28 heavy (non-hydrogen) atoms. The average molecular weight is 368 g/mol. The van der Waals surface area contributed by atoms with Gasteiger partial charge in [0.2, 0.25) is 5.91 Å². The molecule has 0 radical (unpaired) electrons. The van der Waals surface area contributed by atoms with Gasteiger partial charge in [-0.05, 0) is 30.7 Å². The lowest BCUT2D eigenvalue weighted by Crippen LogP contribution is -2.07. The van der Waals surface area contributed by atoms with Gasteiger partial charge in [0.25, 0.3) is 0 Å². The standard InChI is InChI=1S/C22H16N4O2/c1-2-20(28)25-13-7-8-23-17(9-13)18-10-15-12(11-24-18)3-4-14-21-16(26-22(14)15)5-6-19(21)27/h2-4,7-11,26H,1,5-6H2,(H,23,25,28). The maximum absolute atomic E-state index is 12.2. The second kappa shape index (κ2) is 6.13. The van der Waals surface area contributed by atoms with Crippen LogP contribution in [0, 0.1) is 0 Å². The smallest absolute Gasteiger partial charge is 0.247 e. The number of rotatable bonds is 3.